The Labute approximate surface area is 686 Å². The van der Waals surface area contributed by atoms with Crippen molar-refractivity contribution in [2.24, 2.45) is 0 Å². The number of aryl methyl sites for hydroxylation is 14. The Balaban J connectivity index is 0.000000135. The van der Waals surface area contributed by atoms with Gasteiger partial charge in [0.2, 0.25) is 0 Å². The summed E-state index contributed by atoms with van der Waals surface area (Å²) in [5.41, 5.74) is 26.8. The van der Waals surface area contributed by atoms with Gasteiger partial charge in [-0.2, -0.15) is 0 Å². The molecule has 16 aromatic rings. The van der Waals surface area contributed by atoms with Crippen LogP contribution < -0.4 is 27.9 Å². The van der Waals surface area contributed by atoms with Crippen LogP contribution >= 0.6 is 0 Å². The molecule has 5 aromatic heterocycles. The minimum absolute atomic E-state index is 0.0149. The summed E-state index contributed by atoms with van der Waals surface area (Å²) in [5.74, 6) is 0.624. The van der Waals surface area contributed by atoms with Gasteiger partial charge in [-0.1, -0.05) is 255 Å². The van der Waals surface area contributed by atoms with Gasteiger partial charge in [0.25, 0.3) is 0 Å². The molecule has 10 nitrogen and oxygen atoms in total. The summed E-state index contributed by atoms with van der Waals surface area (Å²) in [6, 6.07) is 77.4. The quantitative estimate of drug-likeness (QED) is 0.0716. The number of benzene rings is 11. The first-order valence-corrected chi connectivity index (χ1v) is 42.2. The molecule has 0 unspecified atom stereocenters. The van der Waals surface area contributed by atoms with E-state index in [0.717, 1.165) is 172 Å². The van der Waals surface area contributed by atoms with Crippen LogP contribution in [0.3, 0.4) is 0 Å². The molecule has 0 spiro atoms. The predicted molar refractivity (Wildman–Crippen MR) is 488 cm³/mol. The third kappa shape index (κ3) is 19.3. The number of fused-ring (bicyclic) bond motifs is 6. The first kappa shape index (κ1) is 84.1. The Kier molecular flexibility index (Phi) is 28.0. The zero-order chi connectivity index (χ0) is 83.0. The second-order valence-electron chi connectivity index (χ2n) is 29.8. The van der Waals surface area contributed by atoms with Crippen LogP contribution in [-0.2, 0) is 89.9 Å². The van der Waals surface area contributed by atoms with E-state index in [1.165, 1.54) is 66.6 Å². The van der Waals surface area contributed by atoms with Crippen LogP contribution in [0.15, 0.2) is 277 Å². The van der Waals surface area contributed by atoms with E-state index in [0.29, 0.717) is 50.1 Å². The molecule has 0 fully saturated rings. The predicted octanol–water partition coefficient (Wildman–Crippen LogP) is 26.3. The number of hydrogen-bond donors (Lipinski definition) is 0. The molecule has 0 atom stereocenters. The van der Waals surface area contributed by atoms with Crippen molar-refractivity contribution in [2.45, 2.75) is 187 Å². The maximum absolute atomic E-state index is 12.7. The highest BCUT2D eigenvalue weighted by Gasteiger charge is 2.18. The second kappa shape index (κ2) is 38.9. The summed E-state index contributed by atoms with van der Waals surface area (Å²) in [6.45, 7) is 29.7. The number of rotatable bonds is 19. The summed E-state index contributed by atoms with van der Waals surface area (Å²) in [7, 11) is 0. The van der Waals surface area contributed by atoms with E-state index in [1.54, 1.807) is 6.07 Å². The molecule has 0 N–H and O–H groups in total. The maximum Gasteiger partial charge on any atom is 0.344 e. The van der Waals surface area contributed by atoms with E-state index in [4.69, 9.17) is 22.1 Å². The standard InChI is InChI=1S/C25H24O2.3C21H22O2.C19H18O2/c1-4-16-7-8-20-13-21(10-9-19(20)11-16)23-14-22-12-17(5-2)18(6-3)15-24(22)27-25(23)26;1-4-14-7-9-17(10-8-14)19-13-18-16(6-3)11-15(5-2)12-20(18)23-21(19)22;1-4-14-7-9-17(10-8-14)19-13-18-12-15(5-2)11-16(6-3)20(18)23-21(19)22;1-4-14-7-9-16(10-8-14)19-13-17-12-11-15(5-2)18(6-3)20(17)23-21(19)22;1-3-13-5-8-15(9-6-13)19-12-17(20)16-11-14(4-2)7-10-18(16)21-19/h7-15H,4-6H2,1-3H3;3*7-13H,4-6H2,1-3H3;5-12H,3-4H2,1-2H3. The summed E-state index contributed by atoms with van der Waals surface area (Å²) >= 11 is 0. The van der Waals surface area contributed by atoms with E-state index in [1.807, 2.05) is 109 Å². The molecule has 0 amide bonds. The maximum atomic E-state index is 12.7. The normalized spacial score (nSPS) is 11.1. The average molecular weight is 1550 g/mol. The molecule has 0 aliphatic carbocycles. The largest absolute Gasteiger partial charge is 0.456 e. The lowest BCUT2D eigenvalue weighted by molar-refractivity contribution is 0.559. The molecule has 10 heteroatoms. The van der Waals surface area contributed by atoms with Gasteiger partial charge in [-0.05, 0) is 268 Å². The molecule has 16 rings (SSSR count). The SMILES string of the molecule is CCc1ccc(-c2cc(=O)c3cc(CC)ccc3o2)cc1.CCc1ccc(-c2cc3c(CC)cc(CC)cc3oc2=O)cc1.CCc1ccc(-c2cc3cc(CC)cc(CC)c3oc2=O)cc1.CCc1ccc(-c2cc3ccc(CC)c(CC)c3oc2=O)cc1.CCc1ccc2cc(-c3cc4cc(CC)c(CC)cc4oc3=O)ccc2c1. The number of hydrogen-bond acceptors (Lipinski definition) is 10. The van der Waals surface area contributed by atoms with E-state index in [2.05, 4.69) is 212 Å². The lowest BCUT2D eigenvalue weighted by Crippen LogP contribution is -2.05. The molecule has 11 aromatic carbocycles. The van der Waals surface area contributed by atoms with Crippen molar-refractivity contribution in [2.75, 3.05) is 0 Å². The van der Waals surface area contributed by atoms with E-state index >= 15 is 0 Å². The zero-order valence-electron chi connectivity index (χ0n) is 70.4. The minimum Gasteiger partial charge on any atom is -0.456 e. The van der Waals surface area contributed by atoms with Crippen molar-refractivity contribution in [3.05, 3.63) is 360 Å². The van der Waals surface area contributed by atoms with Crippen LogP contribution in [0.2, 0.25) is 0 Å². The zero-order valence-corrected chi connectivity index (χ0v) is 70.4. The third-order valence-electron chi connectivity index (χ3n) is 22.7. The summed E-state index contributed by atoms with van der Waals surface area (Å²) in [5, 5.41) is 7.02. The van der Waals surface area contributed by atoms with Gasteiger partial charge in [0.1, 0.15) is 33.7 Å². The summed E-state index contributed by atoms with van der Waals surface area (Å²) in [4.78, 5) is 62.3. The van der Waals surface area contributed by atoms with Gasteiger partial charge in [-0.15, -0.1) is 0 Å². The Morgan fingerprint density at radius 3 is 1.15 bits per heavy atom. The van der Waals surface area contributed by atoms with Crippen molar-refractivity contribution >= 4 is 65.6 Å². The summed E-state index contributed by atoms with van der Waals surface area (Å²) in [6.07, 6.45) is 13.3. The fraction of sp³-hybridized carbons (Fsp3) is 0.262. The molecule has 596 valence electrons. The van der Waals surface area contributed by atoms with Gasteiger partial charge in [0.05, 0.1) is 27.6 Å². The minimum atomic E-state index is -0.279. The highest BCUT2D eigenvalue weighted by atomic mass is 16.4. The Morgan fingerprint density at radius 2 is 0.607 bits per heavy atom. The van der Waals surface area contributed by atoms with E-state index < -0.39 is 0 Å². The molecule has 0 aliphatic heterocycles. The van der Waals surface area contributed by atoms with Crippen molar-refractivity contribution in [1.29, 1.82) is 0 Å². The molecule has 0 saturated carbocycles. The van der Waals surface area contributed by atoms with Crippen LogP contribution in [0, 0.1) is 0 Å². The molecule has 117 heavy (non-hydrogen) atoms. The Bertz CT molecular complexity index is 6520. The van der Waals surface area contributed by atoms with E-state index in [9.17, 15) is 24.0 Å². The fourth-order valence-corrected chi connectivity index (χ4v) is 15.3. The first-order chi connectivity index (χ1) is 56.8. The second-order valence-corrected chi connectivity index (χ2v) is 29.8. The topological polar surface area (TPSA) is 151 Å². The van der Waals surface area contributed by atoms with E-state index in [-0.39, 0.29) is 27.9 Å². The molecule has 0 bridgehead atoms. The molecule has 0 radical (unpaired) electrons. The lowest BCUT2D eigenvalue weighted by atomic mass is 9.97. The smallest absolute Gasteiger partial charge is 0.344 e. The van der Waals surface area contributed by atoms with Gasteiger partial charge in [-0.25, -0.2) is 19.2 Å². The van der Waals surface area contributed by atoms with Crippen LogP contribution in [0.25, 0.3) is 121 Å². The van der Waals surface area contributed by atoms with Gasteiger partial charge in [-0.3, -0.25) is 4.79 Å². The molecular weight excluding hydrogens is 1450 g/mol. The monoisotopic (exact) mass is 1550 g/mol. The van der Waals surface area contributed by atoms with Gasteiger partial charge < -0.3 is 22.1 Å². The Hall–Kier alpha value is -12.3. The molecular formula is C107H108O10. The van der Waals surface area contributed by atoms with Gasteiger partial charge >= 0.3 is 22.5 Å². The molecule has 0 aliphatic rings. The lowest BCUT2D eigenvalue weighted by Gasteiger charge is -2.10. The van der Waals surface area contributed by atoms with Gasteiger partial charge in [0, 0.05) is 33.2 Å². The highest BCUT2D eigenvalue weighted by Crippen LogP contribution is 2.33. The third-order valence-corrected chi connectivity index (χ3v) is 22.7. The average Bonchev–Trinajstić information content (AvgIpc) is 0.777. The van der Waals surface area contributed by atoms with Crippen molar-refractivity contribution in [1.82, 2.24) is 0 Å². The molecule has 5 heterocycles. The van der Waals surface area contributed by atoms with Crippen molar-refractivity contribution in [3.63, 3.8) is 0 Å². The van der Waals surface area contributed by atoms with Crippen molar-refractivity contribution in [3.8, 4) is 55.8 Å². The van der Waals surface area contributed by atoms with Crippen LogP contribution in [0.5, 0.6) is 0 Å². The fourth-order valence-electron chi connectivity index (χ4n) is 15.3. The summed E-state index contributed by atoms with van der Waals surface area (Å²) < 4.78 is 28.6. The highest BCUT2D eigenvalue weighted by molar-refractivity contribution is 5.91. The Morgan fingerprint density at radius 1 is 0.205 bits per heavy atom. The van der Waals surface area contributed by atoms with Crippen molar-refractivity contribution < 1.29 is 22.1 Å². The molecule has 0 saturated heterocycles. The van der Waals surface area contributed by atoms with Crippen LogP contribution in [0.4, 0.5) is 0 Å². The van der Waals surface area contributed by atoms with Crippen LogP contribution in [0.1, 0.15) is 175 Å². The first-order valence-electron chi connectivity index (χ1n) is 42.2. The van der Waals surface area contributed by atoms with Crippen LogP contribution in [-0.4, -0.2) is 0 Å². The van der Waals surface area contributed by atoms with Gasteiger partial charge in [0.15, 0.2) is 5.43 Å².